The van der Waals surface area contributed by atoms with Gasteiger partial charge >= 0.3 is 0 Å². The van der Waals surface area contributed by atoms with E-state index in [4.69, 9.17) is 16.6 Å². The Labute approximate surface area is 219 Å². The zero-order valence-corrected chi connectivity index (χ0v) is 20.3. The number of carbonyl (C=O) groups is 1. The minimum atomic E-state index is -0.715. The predicted octanol–water partition coefficient (Wildman–Crippen LogP) is 5.24. The Morgan fingerprint density at radius 1 is 1.00 bits per heavy atom. The van der Waals surface area contributed by atoms with Crippen molar-refractivity contribution in [2.75, 3.05) is 10.2 Å². The normalized spacial score (nSPS) is 15.6. The third-order valence-electron chi connectivity index (χ3n) is 6.46. The number of anilines is 2. The molecule has 0 saturated heterocycles. The number of hydrogen-bond donors (Lipinski definition) is 1. The number of nitro benzene ring substituents is 2. The molecule has 13 heteroatoms. The second-order valence-corrected chi connectivity index (χ2v) is 9.06. The molecule has 0 unspecified atom stereocenters. The molecular formula is C25H16ClN7O5. The van der Waals surface area contributed by atoms with Crippen LogP contribution < -0.4 is 10.2 Å². The number of fused-ring (bicyclic) bond motifs is 4. The Morgan fingerprint density at radius 2 is 1.74 bits per heavy atom. The minimum absolute atomic E-state index is 0.0150. The highest BCUT2D eigenvalue weighted by molar-refractivity contribution is 6.50. The van der Waals surface area contributed by atoms with Gasteiger partial charge in [0.25, 0.3) is 17.3 Å². The molecule has 1 amide bonds. The number of amides is 1. The summed E-state index contributed by atoms with van der Waals surface area (Å²) in [5.41, 5.74) is 3.04. The number of hydrogen-bond acceptors (Lipinski definition) is 8. The lowest BCUT2D eigenvalue weighted by atomic mass is 9.93. The Hall–Kier alpha value is -5.10. The molecule has 2 aliphatic heterocycles. The summed E-state index contributed by atoms with van der Waals surface area (Å²) in [4.78, 5) is 41.5. The van der Waals surface area contributed by atoms with Gasteiger partial charge in [-0.25, -0.2) is 9.67 Å². The number of rotatable bonds is 4. The van der Waals surface area contributed by atoms with Gasteiger partial charge in [0, 0.05) is 23.8 Å². The number of halogens is 1. The van der Waals surface area contributed by atoms with E-state index in [1.54, 1.807) is 30.0 Å². The van der Waals surface area contributed by atoms with Crippen LogP contribution in [0.5, 0.6) is 0 Å². The average Bonchev–Trinajstić information content (AvgIpc) is 3.24. The lowest BCUT2D eigenvalue weighted by Gasteiger charge is -2.40. The number of amidine groups is 1. The van der Waals surface area contributed by atoms with Crippen molar-refractivity contribution in [2.24, 2.45) is 4.99 Å². The van der Waals surface area contributed by atoms with Crippen molar-refractivity contribution >= 4 is 51.9 Å². The zero-order chi connectivity index (χ0) is 26.7. The van der Waals surface area contributed by atoms with Crippen LogP contribution in [-0.4, -0.2) is 31.4 Å². The van der Waals surface area contributed by atoms with Crippen molar-refractivity contribution in [3.8, 4) is 5.69 Å². The second kappa shape index (κ2) is 8.49. The fraction of sp³-hybridized carbons (Fsp3) is 0.0800. The molecule has 4 aromatic rings. The standard InChI is InChI=1S/C25H16ClN7O5/c1-13-21-22(14-6-11-17(26)20(12-14)33(37)38)30-19-5-3-2-4-18(19)27-25(34)24(30)28-23(21)31(29-13)15-7-9-16(10-8-15)32(35)36/h2-12,22H,1H3,(H,27,34)/t22-/m1/s1. The highest BCUT2D eigenvalue weighted by Gasteiger charge is 2.43. The average molecular weight is 530 g/mol. The summed E-state index contributed by atoms with van der Waals surface area (Å²) in [6, 6.07) is 16.8. The molecule has 0 bridgehead atoms. The van der Waals surface area contributed by atoms with Gasteiger partial charge < -0.3 is 10.2 Å². The van der Waals surface area contributed by atoms with Crippen molar-refractivity contribution in [2.45, 2.75) is 13.0 Å². The molecule has 1 atom stereocenters. The third-order valence-corrected chi connectivity index (χ3v) is 6.78. The maximum absolute atomic E-state index is 13.3. The number of non-ortho nitro benzene ring substituents is 1. The molecule has 3 aromatic carbocycles. The van der Waals surface area contributed by atoms with Gasteiger partial charge in [-0.1, -0.05) is 29.8 Å². The van der Waals surface area contributed by atoms with Gasteiger partial charge in [-0.3, -0.25) is 25.0 Å². The molecule has 0 aliphatic carbocycles. The molecule has 1 aromatic heterocycles. The minimum Gasteiger partial charge on any atom is -0.317 e. The molecule has 6 rings (SSSR count). The molecule has 1 N–H and O–H groups in total. The van der Waals surface area contributed by atoms with Crippen molar-refractivity contribution in [3.63, 3.8) is 0 Å². The smallest absolute Gasteiger partial charge is 0.291 e. The molecule has 12 nitrogen and oxygen atoms in total. The first-order chi connectivity index (χ1) is 18.2. The van der Waals surface area contributed by atoms with Crippen molar-refractivity contribution in [1.82, 2.24) is 9.78 Å². The van der Waals surface area contributed by atoms with E-state index in [1.165, 1.54) is 41.1 Å². The number of aromatic nitrogens is 2. The first kappa shape index (κ1) is 23.3. The van der Waals surface area contributed by atoms with Crippen LogP contribution in [0.25, 0.3) is 5.69 Å². The summed E-state index contributed by atoms with van der Waals surface area (Å²) in [6.07, 6.45) is 0. The molecular weight excluding hydrogens is 514 g/mol. The van der Waals surface area contributed by atoms with Gasteiger partial charge in [0.2, 0.25) is 5.84 Å². The molecule has 38 heavy (non-hydrogen) atoms. The van der Waals surface area contributed by atoms with Crippen molar-refractivity contribution in [1.29, 1.82) is 0 Å². The molecule has 2 aliphatic rings. The van der Waals surface area contributed by atoms with Gasteiger partial charge in [0.05, 0.1) is 38.6 Å². The Morgan fingerprint density at radius 3 is 2.45 bits per heavy atom. The summed E-state index contributed by atoms with van der Waals surface area (Å²) in [7, 11) is 0. The van der Waals surface area contributed by atoms with Crippen LogP contribution in [0, 0.1) is 27.2 Å². The SMILES string of the molecule is Cc1nn(-c2ccc([N+](=O)[O-])cc2)c2c1[C@@H](c1ccc(Cl)c([N+](=O)[O-])c1)N1C(=N2)C(=O)Nc2ccccc21. The number of carbonyl (C=O) groups excluding carboxylic acids is 1. The van der Waals surface area contributed by atoms with Gasteiger partial charge in [0.1, 0.15) is 5.02 Å². The topological polar surface area (TPSA) is 149 Å². The van der Waals surface area contributed by atoms with Gasteiger partial charge in [0.15, 0.2) is 5.82 Å². The molecule has 0 fully saturated rings. The summed E-state index contributed by atoms with van der Waals surface area (Å²) in [5, 5.41) is 30.3. The second-order valence-electron chi connectivity index (χ2n) is 8.66. The largest absolute Gasteiger partial charge is 0.317 e. The van der Waals surface area contributed by atoms with E-state index >= 15 is 0 Å². The molecule has 0 spiro atoms. The fourth-order valence-corrected chi connectivity index (χ4v) is 4.98. The number of benzene rings is 3. The predicted molar refractivity (Wildman–Crippen MR) is 140 cm³/mol. The van der Waals surface area contributed by atoms with Gasteiger partial charge in [-0.15, -0.1) is 0 Å². The number of nitrogens with one attached hydrogen (secondary N) is 1. The van der Waals surface area contributed by atoms with Gasteiger partial charge in [-0.2, -0.15) is 5.10 Å². The molecule has 188 valence electrons. The van der Waals surface area contributed by atoms with E-state index in [0.717, 1.165) is 0 Å². The number of aliphatic imine (C=N–C) groups is 1. The van der Waals surface area contributed by atoms with E-state index in [9.17, 15) is 25.0 Å². The Balaban J connectivity index is 1.63. The van der Waals surface area contributed by atoms with E-state index in [-0.39, 0.29) is 22.2 Å². The quantitative estimate of drug-likeness (QED) is 0.280. The molecule has 0 saturated carbocycles. The summed E-state index contributed by atoms with van der Waals surface area (Å²) in [6.45, 7) is 1.77. The van der Waals surface area contributed by atoms with Crippen LogP contribution in [0.4, 0.5) is 28.6 Å². The van der Waals surface area contributed by atoms with Crippen LogP contribution in [0.3, 0.4) is 0 Å². The maximum atomic E-state index is 13.3. The lowest BCUT2D eigenvalue weighted by Crippen LogP contribution is -2.48. The molecule has 0 radical (unpaired) electrons. The Bertz CT molecular complexity index is 1710. The first-order valence-corrected chi connectivity index (χ1v) is 11.7. The zero-order valence-electron chi connectivity index (χ0n) is 19.5. The fourth-order valence-electron chi connectivity index (χ4n) is 4.79. The van der Waals surface area contributed by atoms with Crippen LogP contribution in [0.15, 0.2) is 71.7 Å². The summed E-state index contributed by atoms with van der Waals surface area (Å²) < 4.78 is 1.50. The summed E-state index contributed by atoms with van der Waals surface area (Å²) >= 11 is 6.11. The number of nitrogens with zero attached hydrogens (tertiary/aromatic N) is 6. The van der Waals surface area contributed by atoms with E-state index < -0.39 is 21.8 Å². The van der Waals surface area contributed by atoms with Crippen LogP contribution in [0.2, 0.25) is 5.02 Å². The maximum Gasteiger partial charge on any atom is 0.291 e. The first-order valence-electron chi connectivity index (χ1n) is 11.3. The lowest BCUT2D eigenvalue weighted by molar-refractivity contribution is -0.385. The summed E-state index contributed by atoms with van der Waals surface area (Å²) in [5.74, 6) is -0.0569. The van der Waals surface area contributed by atoms with Crippen LogP contribution in [-0.2, 0) is 4.79 Å². The third kappa shape index (κ3) is 3.50. The molecule has 3 heterocycles. The highest BCUT2D eigenvalue weighted by Crippen LogP contribution is 2.48. The number of nitro groups is 2. The van der Waals surface area contributed by atoms with E-state index in [0.29, 0.717) is 39.7 Å². The monoisotopic (exact) mass is 529 g/mol. The number of para-hydroxylation sites is 2. The number of aryl methyl sites for hydroxylation is 1. The van der Waals surface area contributed by atoms with Crippen LogP contribution in [0.1, 0.15) is 22.9 Å². The van der Waals surface area contributed by atoms with E-state index in [1.807, 2.05) is 12.1 Å². The van der Waals surface area contributed by atoms with Crippen molar-refractivity contribution in [3.05, 3.63) is 109 Å². The van der Waals surface area contributed by atoms with E-state index in [2.05, 4.69) is 10.4 Å². The van der Waals surface area contributed by atoms with Gasteiger partial charge in [-0.05, 0) is 42.8 Å². The van der Waals surface area contributed by atoms with Crippen LogP contribution >= 0.6 is 11.6 Å². The van der Waals surface area contributed by atoms with Crippen molar-refractivity contribution < 1.29 is 14.6 Å². The highest BCUT2D eigenvalue weighted by atomic mass is 35.5. The Kier molecular flexibility index (Phi) is 5.21.